The Labute approximate surface area is 209 Å². The molecule has 5 rings (SSSR count). The van der Waals surface area contributed by atoms with Crippen LogP contribution in [0.25, 0.3) is 0 Å². The van der Waals surface area contributed by atoms with E-state index >= 15 is 0 Å². The van der Waals surface area contributed by atoms with Crippen molar-refractivity contribution >= 4 is 34.8 Å². The van der Waals surface area contributed by atoms with Crippen molar-refractivity contribution in [1.29, 1.82) is 0 Å². The Morgan fingerprint density at radius 2 is 1.82 bits per heavy atom. The topological polar surface area (TPSA) is 50.5 Å². The number of thiocarbonyl (C=S) groups is 1. The van der Waals surface area contributed by atoms with E-state index in [1.807, 2.05) is 61.5 Å². The SMILES string of the molecule is CCOc1ccc(N2C(=S)N[C@@H](c3ccccn3)[C@@H]2c2ccc(Sc3ccc(C)cc3)o2)cc1. The molecule has 3 heterocycles. The molecule has 172 valence electrons. The Bertz CT molecular complexity index is 1260. The van der Waals surface area contributed by atoms with E-state index in [9.17, 15) is 0 Å². The number of ether oxygens (including phenoxy) is 1. The molecule has 2 atom stereocenters. The fraction of sp³-hybridized carbons (Fsp3) is 0.185. The van der Waals surface area contributed by atoms with Gasteiger partial charge in [0.1, 0.15) is 17.6 Å². The second kappa shape index (κ2) is 9.91. The Hall–Kier alpha value is -3.29. The summed E-state index contributed by atoms with van der Waals surface area (Å²) in [5.74, 6) is 1.66. The number of pyridine rings is 1. The van der Waals surface area contributed by atoms with Crippen LogP contribution in [0.5, 0.6) is 5.75 Å². The third-order valence-corrected chi connectivity index (χ3v) is 6.90. The van der Waals surface area contributed by atoms with Crippen molar-refractivity contribution < 1.29 is 9.15 Å². The number of rotatable bonds is 7. The zero-order valence-electron chi connectivity index (χ0n) is 19.0. The quantitative estimate of drug-likeness (QED) is 0.291. The van der Waals surface area contributed by atoms with Crippen molar-refractivity contribution in [3.05, 3.63) is 102 Å². The maximum Gasteiger partial charge on any atom is 0.174 e. The van der Waals surface area contributed by atoms with Crippen LogP contribution < -0.4 is 15.0 Å². The minimum atomic E-state index is -0.187. The van der Waals surface area contributed by atoms with Gasteiger partial charge in [0, 0.05) is 16.8 Å². The number of benzene rings is 2. The van der Waals surface area contributed by atoms with Crippen LogP contribution in [0.15, 0.2) is 99.5 Å². The summed E-state index contributed by atoms with van der Waals surface area (Å²) in [6.45, 7) is 4.69. The van der Waals surface area contributed by atoms with Crippen LogP contribution in [0.3, 0.4) is 0 Å². The van der Waals surface area contributed by atoms with Gasteiger partial charge in [-0.05, 0) is 86.7 Å². The molecular weight excluding hydrogens is 462 g/mol. The van der Waals surface area contributed by atoms with Crippen LogP contribution in [0, 0.1) is 6.92 Å². The van der Waals surface area contributed by atoms with Crippen molar-refractivity contribution in [2.75, 3.05) is 11.5 Å². The van der Waals surface area contributed by atoms with E-state index in [1.165, 1.54) is 5.56 Å². The van der Waals surface area contributed by atoms with Gasteiger partial charge in [-0.15, -0.1) is 0 Å². The summed E-state index contributed by atoms with van der Waals surface area (Å²) in [6.07, 6.45) is 1.80. The van der Waals surface area contributed by atoms with Crippen LogP contribution in [-0.2, 0) is 0 Å². The summed E-state index contributed by atoms with van der Waals surface area (Å²) in [4.78, 5) is 7.84. The molecule has 1 aliphatic heterocycles. The van der Waals surface area contributed by atoms with Crippen LogP contribution in [0.1, 0.15) is 36.0 Å². The number of hydrogen-bond acceptors (Lipinski definition) is 5. The van der Waals surface area contributed by atoms with Gasteiger partial charge >= 0.3 is 0 Å². The number of furan rings is 1. The van der Waals surface area contributed by atoms with Gasteiger partial charge in [0.05, 0.1) is 18.3 Å². The molecule has 0 aliphatic carbocycles. The number of aryl methyl sites for hydroxylation is 1. The van der Waals surface area contributed by atoms with Crippen LogP contribution in [0.4, 0.5) is 5.69 Å². The predicted octanol–water partition coefficient (Wildman–Crippen LogP) is 6.71. The maximum absolute atomic E-state index is 6.39. The highest BCUT2D eigenvalue weighted by molar-refractivity contribution is 7.99. The van der Waals surface area contributed by atoms with Gasteiger partial charge < -0.3 is 19.4 Å². The molecule has 0 amide bonds. The van der Waals surface area contributed by atoms with Crippen molar-refractivity contribution in [2.45, 2.75) is 35.9 Å². The van der Waals surface area contributed by atoms with E-state index in [-0.39, 0.29) is 12.1 Å². The van der Waals surface area contributed by atoms with Gasteiger partial charge in [-0.3, -0.25) is 4.98 Å². The minimum absolute atomic E-state index is 0.149. The first-order valence-corrected chi connectivity index (χ1v) is 12.4. The number of nitrogens with one attached hydrogen (secondary N) is 1. The molecule has 1 aliphatic rings. The first-order valence-electron chi connectivity index (χ1n) is 11.2. The predicted molar refractivity (Wildman–Crippen MR) is 140 cm³/mol. The van der Waals surface area contributed by atoms with Crippen LogP contribution in [-0.4, -0.2) is 16.7 Å². The fourth-order valence-corrected chi connectivity index (χ4v) is 5.19. The highest BCUT2D eigenvalue weighted by Crippen LogP contribution is 2.43. The smallest absolute Gasteiger partial charge is 0.174 e. The molecule has 5 nitrogen and oxygen atoms in total. The Morgan fingerprint density at radius 3 is 2.53 bits per heavy atom. The van der Waals surface area contributed by atoms with E-state index in [4.69, 9.17) is 21.4 Å². The number of hydrogen-bond donors (Lipinski definition) is 1. The molecule has 0 unspecified atom stereocenters. The van der Waals surface area contributed by atoms with E-state index in [0.717, 1.165) is 32.9 Å². The maximum atomic E-state index is 6.39. The highest BCUT2D eigenvalue weighted by Gasteiger charge is 2.42. The lowest BCUT2D eigenvalue weighted by Gasteiger charge is -2.26. The van der Waals surface area contributed by atoms with Crippen molar-refractivity contribution in [3.8, 4) is 5.75 Å². The molecule has 4 aromatic rings. The molecule has 2 aromatic heterocycles. The molecule has 0 saturated carbocycles. The summed E-state index contributed by atoms with van der Waals surface area (Å²) in [6, 6.07) is 26.1. The molecule has 7 heteroatoms. The zero-order valence-corrected chi connectivity index (χ0v) is 20.6. The summed E-state index contributed by atoms with van der Waals surface area (Å²) in [5.41, 5.74) is 3.11. The molecule has 1 saturated heterocycles. The molecule has 0 radical (unpaired) electrons. The van der Waals surface area contributed by atoms with Crippen molar-refractivity contribution in [1.82, 2.24) is 10.3 Å². The molecule has 0 spiro atoms. The van der Waals surface area contributed by atoms with Crippen molar-refractivity contribution in [3.63, 3.8) is 0 Å². The van der Waals surface area contributed by atoms with Crippen LogP contribution >= 0.6 is 24.0 Å². The third kappa shape index (κ3) is 4.67. The average Bonchev–Trinajstić information content (AvgIpc) is 3.46. The summed E-state index contributed by atoms with van der Waals surface area (Å²) < 4.78 is 12.0. The third-order valence-electron chi connectivity index (χ3n) is 5.66. The zero-order chi connectivity index (χ0) is 23.5. The standard InChI is InChI=1S/C27H25N3O2S2/c1-3-31-20-11-9-19(10-12-20)30-26(25(29-27(30)33)22-6-4-5-17-28-22)23-15-16-24(32-23)34-21-13-7-18(2)8-14-21/h4-17,25-26H,3H2,1-2H3,(H,29,33)/t25-,26-/m0/s1. The van der Waals surface area contributed by atoms with Gasteiger partial charge in [-0.25, -0.2) is 0 Å². The van der Waals surface area contributed by atoms with Gasteiger partial charge in [0.2, 0.25) is 0 Å². The normalized spacial score (nSPS) is 17.6. The number of nitrogens with zero attached hydrogens (tertiary/aromatic N) is 2. The highest BCUT2D eigenvalue weighted by atomic mass is 32.2. The van der Waals surface area contributed by atoms with Crippen molar-refractivity contribution in [2.24, 2.45) is 0 Å². The van der Waals surface area contributed by atoms with Crippen LogP contribution in [0.2, 0.25) is 0 Å². The minimum Gasteiger partial charge on any atom is -0.494 e. The average molecular weight is 488 g/mol. The van der Waals surface area contributed by atoms with E-state index in [2.05, 4.69) is 46.4 Å². The lowest BCUT2D eigenvalue weighted by molar-refractivity contribution is 0.340. The number of anilines is 1. The molecule has 0 bridgehead atoms. The largest absolute Gasteiger partial charge is 0.494 e. The second-order valence-electron chi connectivity index (χ2n) is 8.00. The second-order valence-corrected chi connectivity index (χ2v) is 9.46. The van der Waals surface area contributed by atoms with Gasteiger partial charge in [-0.1, -0.05) is 35.5 Å². The van der Waals surface area contributed by atoms with E-state index < -0.39 is 0 Å². The Morgan fingerprint density at radius 1 is 1.03 bits per heavy atom. The van der Waals surface area contributed by atoms with Gasteiger partial charge in [0.15, 0.2) is 10.2 Å². The molecular formula is C27H25N3O2S2. The fourth-order valence-electron chi connectivity index (χ4n) is 4.06. The lowest BCUT2D eigenvalue weighted by Crippen LogP contribution is -2.29. The molecule has 2 aromatic carbocycles. The van der Waals surface area contributed by atoms with Gasteiger partial charge in [-0.2, -0.15) is 0 Å². The first kappa shape index (κ1) is 22.5. The lowest BCUT2D eigenvalue weighted by atomic mass is 10.0. The summed E-state index contributed by atoms with van der Waals surface area (Å²) in [5, 5.41) is 4.94. The summed E-state index contributed by atoms with van der Waals surface area (Å²) >= 11 is 7.40. The molecule has 1 N–H and O–H groups in total. The Kier molecular flexibility index (Phi) is 6.56. The van der Waals surface area contributed by atoms with E-state index in [0.29, 0.717) is 11.7 Å². The Balaban J connectivity index is 1.50. The summed E-state index contributed by atoms with van der Waals surface area (Å²) in [7, 11) is 0. The number of aromatic nitrogens is 1. The van der Waals surface area contributed by atoms with Gasteiger partial charge in [0.25, 0.3) is 0 Å². The molecule has 1 fully saturated rings. The monoisotopic (exact) mass is 487 g/mol. The van der Waals surface area contributed by atoms with E-state index in [1.54, 1.807) is 18.0 Å². The first-order chi connectivity index (χ1) is 16.6. The molecule has 34 heavy (non-hydrogen) atoms.